The smallest absolute Gasteiger partial charge is 0.137 e. The van der Waals surface area contributed by atoms with E-state index in [-0.39, 0.29) is 12.1 Å². The van der Waals surface area contributed by atoms with Gasteiger partial charge in [0.1, 0.15) is 5.75 Å². The van der Waals surface area contributed by atoms with E-state index in [9.17, 15) is 0 Å². The fourth-order valence-corrected chi connectivity index (χ4v) is 2.73. The van der Waals surface area contributed by atoms with Gasteiger partial charge in [-0.3, -0.25) is 0 Å². The molecule has 0 aromatic heterocycles. The Kier molecular flexibility index (Phi) is 4.49. The first-order valence-corrected chi connectivity index (χ1v) is 6.67. The van der Waals surface area contributed by atoms with Crippen LogP contribution in [0.25, 0.3) is 0 Å². The molecule has 1 aliphatic heterocycles. The zero-order valence-electron chi connectivity index (χ0n) is 11.1. The van der Waals surface area contributed by atoms with E-state index in [1.807, 2.05) is 25.2 Å². The molecule has 1 aromatic carbocycles. The summed E-state index contributed by atoms with van der Waals surface area (Å²) < 4.78 is 11.1. The number of rotatable bonds is 4. The van der Waals surface area contributed by atoms with Crippen molar-refractivity contribution in [1.29, 1.82) is 0 Å². The van der Waals surface area contributed by atoms with Crippen LogP contribution in [0.2, 0.25) is 5.02 Å². The molecular weight excluding hydrogens is 250 g/mol. The molecule has 1 heterocycles. The van der Waals surface area contributed by atoms with Crippen LogP contribution in [0.4, 0.5) is 0 Å². The largest absolute Gasteiger partial charge is 0.495 e. The van der Waals surface area contributed by atoms with Crippen molar-refractivity contribution >= 4 is 11.6 Å². The summed E-state index contributed by atoms with van der Waals surface area (Å²) in [4.78, 5) is 0. The summed E-state index contributed by atoms with van der Waals surface area (Å²) in [5.74, 6) is 1.27. The van der Waals surface area contributed by atoms with Crippen LogP contribution >= 0.6 is 11.6 Å². The van der Waals surface area contributed by atoms with Gasteiger partial charge in [-0.25, -0.2) is 0 Å². The molecule has 1 aromatic rings. The Morgan fingerprint density at radius 2 is 2.28 bits per heavy atom. The molecule has 0 bridgehead atoms. The molecule has 100 valence electrons. The second kappa shape index (κ2) is 5.91. The first-order valence-electron chi connectivity index (χ1n) is 6.29. The highest BCUT2D eigenvalue weighted by molar-refractivity contribution is 6.32. The molecule has 3 nitrogen and oxygen atoms in total. The summed E-state index contributed by atoms with van der Waals surface area (Å²) in [5, 5.41) is 3.97. The van der Waals surface area contributed by atoms with Gasteiger partial charge in [0.05, 0.1) is 24.3 Å². The molecule has 0 amide bonds. The Labute approximate surface area is 113 Å². The molecule has 18 heavy (non-hydrogen) atoms. The second-order valence-corrected chi connectivity index (χ2v) is 5.17. The number of benzene rings is 1. The standard InChI is InChI=1S/C14H20ClNO2/c1-9-6-7-18-14(9)13(16-2)10-4-5-11(15)12(8-10)17-3/h4-5,8-9,13-14,16H,6-7H2,1-3H3. The van der Waals surface area contributed by atoms with Gasteiger partial charge < -0.3 is 14.8 Å². The van der Waals surface area contributed by atoms with Crippen molar-refractivity contribution < 1.29 is 9.47 Å². The van der Waals surface area contributed by atoms with Gasteiger partial charge in [0.2, 0.25) is 0 Å². The van der Waals surface area contributed by atoms with Crippen LogP contribution in [-0.2, 0) is 4.74 Å². The van der Waals surface area contributed by atoms with Crippen molar-refractivity contribution in [2.75, 3.05) is 20.8 Å². The molecule has 1 N–H and O–H groups in total. The maximum atomic E-state index is 6.06. The van der Waals surface area contributed by atoms with E-state index in [1.54, 1.807) is 7.11 Å². The van der Waals surface area contributed by atoms with Crippen LogP contribution < -0.4 is 10.1 Å². The van der Waals surface area contributed by atoms with E-state index in [4.69, 9.17) is 21.1 Å². The zero-order chi connectivity index (χ0) is 13.1. The minimum absolute atomic E-state index is 0.175. The predicted octanol–water partition coefficient (Wildman–Crippen LogP) is 3.03. The monoisotopic (exact) mass is 269 g/mol. The normalized spacial score (nSPS) is 25.1. The minimum atomic E-state index is 0.175. The lowest BCUT2D eigenvalue weighted by Gasteiger charge is -2.26. The second-order valence-electron chi connectivity index (χ2n) is 4.76. The van der Waals surface area contributed by atoms with E-state index in [0.29, 0.717) is 16.7 Å². The lowest BCUT2D eigenvalue weighted by molar-refractivity contribution is 0.0631. The van der Waals surface area contributed by atoms with Crippen molar-refractivity contribution in [2.24, 2.45) is 5.92 Å². The van der Waals surface area contributed by atoms with E-state index >= 15 is 0 Å². The summed E-state index contributed by atoms with van der Waals surface area (Å²) in [6.07, 6.45) is 1.33. The molecular formula is C14H20ClNO2. The topological polar surface area (TPSA) is 30.5 Å². The molecule has 3 atom stereocenters. The van der Waals surface area contributed by atoms with Crippen molar-refractivity contribution in [3.05, 3.63) is 28.8 Å². The van der Waals surface area contributed by atoms with Crippen LogP contribution in [0, 0.1) is 5.92 Å². The Morgan fingerprint density at radius 1 is 1.50 bits per heavy atom. The number of halogens is 1. The molecule has 3 unspecified atom stereocenters. The van der Waals surface area contributed by atoms with Gasteiger partial charge in [0.15, 0.2) is 0 Å². The fraction of sp³-hybridized carbons (Fsp3) is 0.571. The molecule has 0 saturated carbocycles. The van der Waals surface area contributed by atoms with Gasteiger partial charge in [-0.15, -0.1) is 0 Å². The SMILES string of the molecule is CNC(c1ccc(Cl)c(OC)c1)C1OCCC1C. The first kappa shape index (κ1) is 13.7. The van der Waals surface area contributed by atoms with Crippen LogP contribution in [-0.4, -0.2) is 26.9 Å². The quantitative estimate of drug-likeness (QED) is 0.911. The van der Waals surface area contributed by atoms with E-state index < -0.39 is 0 Å². The maximum absolute atomic E-state index is 6.06. The molecule has 2 rings (SSSR count). The van der Waals surface area contributed by atoms with Gasteiger partial charge in [-0.05, 0) is 37.1 Å². The Bertz CT molecular complexity index is 411. The van der Waals surface area contributed by atoms with Crippen molar-refractivity contribution in [3.63, 3.8) is 0 Å². The molecule has 1 saturated heterocycles. The van der Waals surface area contributed by atoms with Gasteiger partial charge in [0, 0.05) is 6.61 Å². The number of hydrogen-bond donors (Lipinski definition) is 1. The number of nitrogens with one attached hydrogen (secondary N) is 1. The van der Waals surface area contributed by atoms with Gasteiger partial charge in [-0.1, -0.05) is 24.6 Å². The van der Waals surface area contributed by atoms with Gasteiger partial charge in [0.25, 0.3) is 0 Å². The lowest BCUT2D eigenvalue weighted by atomic mass is 9.92. The van der Waals surface area contributed by atoms with Crippen LogP contribution in [0.1, 0.15) is 24.9 Å². The third kappa shape index (κ3) is 2.63. The Hall–Kier alpha value is -0.770. The number of likely N-dealkylation sites (N-methyl/N-ethyl adjacent to an activating group) is 1. The summed E-state index contributed by atoms with van der Waals surface area (Å²) >= 11 is 6.06. The van der Waals surface area contributed by atoms with Crippen LogP contribution in [0.5, 0.6) is 5.75 Å². The average molecular weight is 270 g/mol. The summed E-state index contributed by atoms with van der Waals surface area (Å²) in [6.45, 7) is 3.07. The Morgan fingerprint density at radius 3 is 2.83 bits per heavy atom. The van der Waals surface area contributed by atoms with Gasteiger partial charge >= 0.3 is 0 Å². The molecule has 4 heteroatoms. The van der Waals surface area contributed by atoms with Gasteiger partial charge in [-0.2, -0.15) is 0 Å². The molecule has 1 aliphatic rings. The molecule has 0 aliphatic carbocycles. The summed E-state index contributed by atoms with van der Waals surface area (Å²) in [5.41, 5.74) is 1.15. The number of hydrogen-bond acceptors (Lipinski definition) is 3. The van der Waals surface area contributed by atoms with Crippen molar-refractivity contribution in [2.45, 2.75) is 25.5 Å². The molecule has 0 spiro atoms. The summed E-state index contributed by atoms with van der Waals surface area (Å²) in [6, 6.07) is 6.06. The van der Waals surface area contributed by atoms with Crippen molar-refractivity contribution in [1.82, 2.24) is 5.32 Å². The minimum Gasteiger partial charge on any atom is -0.495 e. The molecule has 0 radical (unpaired) electrons. The first-order chi connectivity index (χ1) is 8.67. The number of ether oxygens (including phenoxy) is 2. The number of methoxy groups -OCH3 is 1. The van der Waals surface area contributed by atoms with Crippen LogP contribution in [0.3, 0.4) is 0 Å². The Balaban J connectivity index is 2.27. The maximum Gasteiger partial charge on any atom is 0.137 e. The van der Waals surface area contributed by atoms with E-state index in [2.05, 4.69) is 12.2 Å². The highest BCUT2D eigenvalue weighted by Crippen LogP contribution is 2.34. The zero-order valence-corrected chi connectivity index (χ0v) is 11.8. The van der Waals surface area contributed by atoms with E-state index in [1.165, 1.54) is 0 Å². The highest BCUT2D eigenvalue weighted by Gasteiger charge is 2.32. The van der Waals surface area contributed by atoms with Crippen LogP contribution in [0.15, 0.2) is 18.2 Å². The molecule has 1 fully saturated rings. The summed E-state index contributed by atoms with van der Waals surface area (Å²) in [7, 11) is 3.59. The average Bonchev–Trinajstić information content (AvgIpc) is 2.79. The lowest BCUT2D eigenvalue weighted by Crippen LogP contribution is -2.32. The predicted molar refractivity (Wildman–Crippen MR) is 73.3 cm³/mol. The third-order valence-corrected chi connectivity index (χ3v) is 3.93. The fourth-order valence-electron chi connectivity index (χ4n) is 2.53. The third-order valence-electron chi connectivity index (χ3n) is 3.62. The highest BCUT2D eigenvalue weighted by atomic mass is 35.5. The van der Waals surface area contributed by atoms with E-state index in [0.717, 1.165) is 18.6 Å². The van der Waals surface area contributed by atoms with Crippen molar-refractivity contribution in [3.8, 4) is 5.75 Å².